The van der Waals surface area contributed by atoms with Crippen molar-refractivity contribution in [3.8, 4) is 0 Å². The normalized spacial score (nSPS) is 14.2. The molecular weight excluding hydrogens is 338 g/mol. The molecule has 0 bridgehead atoms. The maximum absolute atomic E-state index is 13.1. The Balaban J connectivity index is 2.16. The number of benzene rings is 2. The van der Waals surface area contributed by atoms with Gasteiger partial charge in [-0.3, -0.25) is 0 Å². The maximum atomic E-state index is 13.1. The lowest BCUT2D eigenvalue weighted by Crippen LogP contribution is -2.23. The first kappa shape index (κ1) is 18.5. The summed E-state index contributed by atoms with van der Waals surface area (Å²) in [6.07, 6.45) is -2.23. The van der Waals surface area contributed by atoms with E-state index in [-0.39, 0.29) is 10.7 Å². The zero-order valence-corrected chi connectivity index (χ0v) is 13.8. The molecule has 0 aliphatic carbocycles. The number of rotatable bonds is 6. The van der Waals surface area contributed by atoms with E-state index in [1.165, 1.54) is 30.5 Å². The van der Waals surface area contributed by atoms with Gasteiger partial charge in [0, 0.05) is 11.1 Å². The molecule has 0 fully saturated rings. The van der Waals surface area contributed by atoms with Crippen molar-refractivity contribution in [1.29, 1.82) is 5.41 Å². The summed E-state index contributed by atoms with van der Waals surface area (Å²) in [4.78, 5) is 0.107. The van der Waals surface area contributed by atoms with Crippen LogP contribution >= 0.6 is 11.8 Å². The van der Waals surface area contributed by atoms with Gasteiger partial charge in [0.2, 0.25) is 0 Å². The van der Waals surface area contributed by atoms with Crippen molar-refractivity contribution in [1.82, 2.24) is 0 Å². The Morgan fingerprint density at radius 1 is 1.04 bits per heavy atom. The summed E-state index contributed by atoms with van der Waals surface area (Å²) in [5.74, 6) is -0.331. The van der Waals surface area contributed by atoms with Gasteiger partial charge in [0.15, 0.2) is 0 Å². The van der Waals surface area contributed by atoms with Crippen molar-refractivity contribution < 1.29 is 17.6 Å². The quantitative estimate of drug-likeness (QED) is 0.385. The number of nitrogens with one attached hydrogen (secondary N) is 1. The number of alkyl halides is 3. The van der Waals surface area contributed by atoms with Crippen molar-refractivity contribution in [3.63, 3.8) is 0 Å². The summed E-state index contributed by atoms with van der Waals surface area (Å²) in [7, 11) is 0. The molecule has 2 rings (SSSR count). The molecule has 0 aliphatic rings. The molecule has 1 N–H and O–H groups in total. The Kier molecular flexibility index (Phi) is 5.70. The van der Waals surface area contributed by atoms with Crippen LogP contribution in [-0.4, -0.2) is 11.0 Å². The summed E-state index contributed by atoms with van der Waals surface area (Å²) in [6.45, 7) is 1.74. The van der Waals surface area contributed by atoms with Crippen molar-refractivity contribution in [2.45, 2.75) is 35.6 Å². The van der Waals surface area contributed by atoms with Gasteiger partial charge in [0.25, 0.3) is 0 Å². The van der Waals surface area contributed by atoms with E-state index in [1.54, 1.807) is 25.1 Å². The Hall–Kier alpha value is -1.82. The predicted molar refractivity (Wildman–Crippen MR) is 89.2 cm³/mol. The van der Waals surface area contributed by atoms with E-state index in [2.05, 4.69) is 0 Å². The standard InChI is InChI=1S/C18H17F4NS/c1-17(12-23,11-10-13-6-8-14(19)9-7-13)24-16-5-3-2-4-15(16)18(20,21)22/h2-9,12,23H,10-11H2,1H3. The molecule has 0 spiro atoms. The molecule has 1 nitrogen and oxygen atoms in total. The highest BCUT2D eigenvalue weighted by molar-refractivity contribution is 8.01. The van der Waals surface area contributed by atoms with Gasteiger partial charge in [0.1, 0.15) is 5.82 Å². The van der Waals surface area contributed by atoms with Crippen molar-refractivity contribution >= 4 is 18.0 Å². The minimum Gasteiger partial charge on any atom is -0.312 e. The molecule has 0 saturated carbocycles. The largest absolute Gasteiger partial charge is 0.417 e. The van der Waals surface area contributed by atoms with Crippen LogP contribution in [0.5, 0.6) is 0 Å². The first-order valence-corrected chi connectivity index (χ1v) is 8.16. The smallest absolute Gasteiger partial charge is 0.312 e. The summed E-state index contributed by atoms with van der Waals surface area (Å²) >= 11 is 1.03. The fourth-order valence-corrected chi connectivity index (χ4v) is 3.44. The second-order valence-electron chi connectivity index (χ2n) is 5.68. The molecule has 2 aromatic rings. The zero-order valence-electron chi connectivity index (χ0n) is 13.0. The molecule has 0 aliphatic heterocycles. The van der Waals surface area contributed by atoms with Crippen LogP contribution < -0.4 is 0 Å². The second-order valence-corrected chi connectivity index (χ2v) is 7.26. The van der Waals surface area contributed by atoms with E-state index in [0.717, 1.165) is 23.4 Å². The fourth-order valence-electron chi connectivity index (χ4n) is 2.24. The lowest BCUT2D eigenvalue weighted by molar-refractivity contribution is -0.139. The topological polar surface area (TPSA) is 23.9 Å². The predicted octanol–water partition coefficient (Wildman–Crippen LogP) is 5.98. The van der Waals surface area contributed by atoms with Crippen LogP contribution in [0.25, 0.3) is 0 Å². The molecule has 0 heterocycles. The van der Waals surface area contributed by atoms with E-state index in [9.17, 15) is 17.6 Å². The number of hydrogen-bond acceptors (Lipinski definition) is 2. The summed E-state index contributed by atoms with van der Waals surface area (Å²) < 4.78 is 51.5. The zero-order chi connectivity index (χ0) is 17.8. The first-order valence-electron chi connectivity index (χ1n) is 7.35. The maximum Gasteiger partial charge on any atom is 0.417 e. The van der Waals surface area contributed by atoms with Gasteiger partial charge in [-0.05, 0) is 49.6 Å². The first-order chi connectivity index (χ1) is 11.2. The summed E-state index contributed by atoms with van der Waals surface area (Å²) in [5.41, 5.74) is 0.194. The fraction of sp³-hybridized carbons (Fsp3) is 0.278. The molecule has 128 valence electrons. The van der Waals surface area contributed by atoms with Crippen LogP contribution in [0.2, 0.25) is 0 Å². The van der Waals surface area contributed by atoms with Crippen LogP contribution in [0, 0.1) is 11.2 Å². The number of halogens is 4. The highest BCUT2D eigenvalue weighted by atomic mass is 32.2. The molecule has 2 aromatic carbocycles. The highest BCUT2D eigenvalue weighted by Gasteiger charge is 2.35. The lowest BCUT2D eigenvalue weighted by atomic mass is 10.0. The molecule has 1 unspecified atom stereocenters. The van der Waals surface area contributed by atoms with Crippen LogP contribution in [-0.2, 0) is 12.6 Å². The van der Waals surface area contributed by atoms with Crippen LogP contribution in [0.15, 0.2) is 53.4 Å². The number of aryl methyl sites for hydroxylation is 1. The van der Waals surface area contributed by atoms with Gasteiger partial charge in [0.05, 0.1) is 10.3 Å². The molecular formula is C18H17F4NS. The lowest BCUT2D eigenvalue weighted by Gasteiger charge is -2.26. The van der Waals surface area contributed by atoms with E-state index in [4.69, 9.17) is 5.41 Å². The molecule has 0 saturated heterocycles. The van der Waals surface area contributed by atoms with E-state index < -0.39 is 16.5 Å². The van der Waals surface area contributed by atoms with Gasteiger partial charge in [-0.2, -0.15) is 13.2 Å². The SMILES string of the molecule is CC(C=N)(CCc1ccc(F)cc1)Sc1ccccc1C(F)(F)F. The summed E-state index contributed by atoms with van der Waals surface area (Å²) in [6, 6.07) is 11.4. The highest BCUT2D eigenvalue weighted by Crippen LogP contribution is 2.42. The second kappa shape index (κ2) is 7.38. The third-order valence-electron chi connectivity index (χ3n) is 3.66. The molecule has 0 aromatic heterocycles. The van der Waals surface area contributed by atoms with Crippen molar-refractivity contribution in [2.24, 2.45) is 0 Å². The van der Waals surface area contributed by atoms with Crippen LogP contribution in [0.3, 0.4) is 0 Å². The van der Waals surface area contributed by atoms with Crippen molar-refractivity contribution in [2.75, 3.05) is 0 Å². The Bertz CT molecular complexity index is 697. The van der Waals surface area contributed by atoms with E-state index in [0.29, 0.717) is 12.8 Å². The van der Waals surface area contributed by atoms with Crippen molar-refractivity contribution in [3.05, 3.63) is 65.5 Å². The number of thioether (sulfide) groups is 1. The van der Waals surface area contributed by atoms with Gasteiger partial charge in [-0.15, -0.1) is 11.8 Å². The Morgan fingerprint density at radius 3 is 2.25 bits per heavy atom. The average Bonchev–Trinajstić information content (AvgIpc) is 2.54. The van der Waals surface area contributed by atoms with Gasteiger partial charge in [-0.25, -0.2) is 4.39 Å². The van der Waals surface area contributed by atoms with Crippen LogP contribution in [0.1, 0.15) is 24.5 Å². The summed E-state index contributed by atoms with van der Waals surface area (Å²) in [5, 5.41) is 7.65. The molecule has 6 heteroatoms. The monoisotopic (exact) mass is 355 g/mol. The van der Waals surface area contributed by atoms with Gasteiger partial charge < -0.3 is 5.41 Å². The third kappa shape index (κ3) is 4.84. The van der Waals surface area contributed by atoms with E-state index >= 15 is 0 Å². The van der Waals surface area contributed by atoms with E-state index in [1.807, 2.05) is 0 Å². The average molecular weight is 355 g/mol. The Labute approximate surface area is 142 Å². The number of hydrogen-bond donors (Lipinski definition) is 1. The minimum atomic E-state index is -4.43. The van der Waals surface area contributed by atoms with Gasteiger partial charge in [-0.1, -0.05) is 24.3 Å². The minimum absolute atomic E-state index is 0.107. The van der Waals surface area contributed by atoms with Gasteiger partial charge >= 0.3 is 6.18 Å². The molecule has 1 atom stereocenters. The molecule has 0 amide bonds. The Morgan fingerprint density at radius 2 is 1.67 bits per heavy atom. The molecule has 0 radical (unpaired) electrons. The third-order valence-corrected chi connectivity index (χ3v) is 5.03. The molecule has 24 heavy (non-hydrogen) atoms. The van der Waals surface area contributed by atoms with Crippen LogP contribution in [0.4, 0.5) is 17.6 Å².